The number of hydrogen-bond acceptors (Lipinski definition) is 7. The smallest absolute Gasteiger partial charge is 0.326 e. The second kappa shape index (κ2) is 12.9. The fourth-order valence-electron chi connectivity index (χ4n) is 3.93. The van der Waals surface area contributed by atoms with Gasteiger partial charge in [0.1, 0.15) is 23.9 Å². The number of nitrogens with zero attached hydrogens (tertiary/aromatic N) is 1. The second-order valence-corrected chi connectivity index (χ2v) is 9.22. The van der Waals surface area contributed by atoms with Crippen molar-refractivity contribution in [3.05, 3.63) is 29.8 Å². The second-order valence-electron chi connectivity index (χ2n) is 9.22. The van der Waals surface area contributed by atoms with Crippen molar-refractivity contribution >= 4 is 29.7 Å². The minimum absolute atomic E-state index is 0.0413. The number of hydrogen-bond donors (Lipinski definition) is 6. The maximum Gasteiger partial charge on any atom is 0.326 e. The Kier molecular flexibility index (Phi) is 10.2. The molecule has 1 aliphatic rings. The lowest BCUT2D eigenvalue weighted by molar-refractivity contribution is -0.145. The lowest BCUT2D eigenvalue weighted by Gasteiger charge is -2.30. The standard InChI is InChI=1S/C24H34N4O8/c1-13(2)20(25)22(33)27-17(12-14-5-7-15(29)8-6-14)23(34)28-11-3-4-18(28)21(32)26-16(24(35)36)9-10-19(30)31/h5-8,13,16-18,20,29H,3-4,9-12,25H2,1-2H3,(H,26,32)(H,27,33)(H,30,31)(H,35,36). The average molecular weight is 507 g/mol. The molecule has 0 spiro atoms. The third-order valence-corrected chi connectivity index (χ3v) is 6.11. The van der Waals surface area contributed by atoms with Crippen LogP contribution >= 0.6 is 0 Å². The fourth-order valence-corrected chi connectivity index (χ4v) is 3.93. The number of phenolic OH excluding ortho intramolecular Hbond substituents is 1. The van der Waals surface area contributed by atoms with Crippen molar-refractivity contribution in [3.63, 3.8) is 0 Å². The molecule has 1 aliphatic heterocycles. The lowest BCUT2D eigenvalue weighted by Crippen LogP contribution is -2.57. The van der Waals surface area contributed by atoms with Crippen LogP contribution in [-0.4, -0.2) is 80.6 Å². The molecule has 4 atom stereocenters. The zero-order valence-electron chi connectivity index (χ0n) is 20.3. The summed E-state index contributed by atoms with van der Waals surface area (Å²) in [5, 5.41) is 32.8. The molecule has 1 fully saturated rings. The topological polar surface area (TPSA) is 199 Å². The molecule has 0 aromatic heterocycles. The van der Waals surface area contributed by atoms with Crippen LogP contribution in [0.4, 0.5) is 0 Å². The van der Waals surface area contributed by atoms with Gasteiger partial charge in [-0.1, -0.05) is 26.0 Å². The third-order valence-electron chi connectivity index (χ3n) is 6.11. The molecule has 0 aliphatic carbocycles. The molecule has 3 amide bonds. The highest BCUT2D eigenvalue weighted by molar-refractivity contribution is 5.94. The molecule has 0 radical (unpaired) electrons. The van der Waals surface area contributed by atoms with Crippen LogP contribution < -0.4 is 16.4 Å². The summed E-state index contributed by atoms with van der Waals surface area (Å²) < 4.78 is 0. The number of carbonyl (C=O) groups excluding carboxylic acids is 3. The summed E-state index contributed by atoms with van der Waals surface area (Å²) in [6.45, 7) is 3.76. The van der Waals surface area contributed by atoms with E-state index in [1.165, 1.54) is 17.0 Å². The fraction of sp³-hybridized carbons (Fsp3) is 0.542. The van der Waals surface area contributed by atoms with Gasteiger partial charge in [0.15, 0.2) is 0 Å². The van der Waals surface area contributed by atoms with Crippen molar-refractivity contribution in [2.45, 2.75) is 70.1 Å². The number of nitrogens with two attached hydrogens (primary N) is 1. The van der Waals surface area contributed by atoms with Crippen LogP contribution in [0.5, 0.6) is 5.75 Å². The molecule has 1 saturated heterocycles. The minimum atomic E-state index is -1.41. The minimum Gasteiger partial charge on any atom is -0.508 e. The van der Waals surface area contributed by atoms with Crippen molar-refractivity contribution in [2.24, 2.45) is 11.7 Å². The molecule has 0 bridgehead atoms. The number of carbonyl (C=O) groups is 5. The highest BCUT2D eigenvalue weighted by Gasteiger charge is 2.39. The van der Waals surface area contributed by atoms with Gasteiger partial charge in [-0.25, -0.2) is 4.79 Å². The Morgan fingerprint density at radius 3 is 2.25 bits per heavy atom. The SMILES string of the molecule is CC(C)C(N)C(=O)NC(Cc1ccc(O)cc1)C(=O)N1CCCC1C(=O)NC(CCC(=O)O)C(=O)O. The van der Waals surface area contributed by atoms with E-state index < -0.39 is 60.2 Å². The molecular weight excluding hydrogens is 472 g/mol. The first kappa shape index (κ1) is 28.6. The number of aromatic hydroxyl groups is 1. The van der Waals surface area contributed by atoms with Crippen LogP contribution in [0.25, 0.3) is 0 Å². The molecule has 1 aromatic rings. The van der Waals surface area contributed by atoms with Crippen molar-refractivity contribution in [3.8, 4) is 5.75 Å². The van der Waals surface area contributed by atoms with E-state index in [-0.39, 0.29) is 37.5 Å². The Bertz CT molecular complexity index is 965. The first-order valence-corrected chi connectivity index (χ1v) is 11.8. The summed E-state index contributed by atoms with van der Waals surface area (Å²) in [5.74, 6) is -4.46. The molecule has 198 valence electrons. The number of phenols is 1. The largest absolute Gasteiger partial charge is 0.508 e. The highest BCUT2D eigenvalue weighted by atomic mass is 16.4. The van der Waals surface area contributed by atoms with Crippen LogP contribution in [0, 0.1) is 5.92 Å². The average Bonchev–Trinajstić information content (AvgIpc) is 3.31. The molecule has 0 saturated carbocycles. The number of rotatable bonds is 12. The van der Waals surface area contributed by atoms with E-state index in [0.29, 0.717) is 12.0 Å². The molecule has 2 rings (SSSR count). The Balaban J connectivity index is 2.22. The summed E-state index contributed by atoms with van der Waals surface area (Å²) in [7, 11) is 0. The number of nitrogens with one attached hydrogen (secondary N) is 2. The maximum atomic E-state index is 13.5. The number of benzene rings is 1. The Hall–Kier alpha value is -3.67. The van der Waals surface area contributed by atoms with E-state index in [0.717, 1.165) is 0 Å². The molecule has 12 heteroatoms. The number of carboxylic acid groups (broad SMARTS) is 2. The van der Waals surface area contributed by atoms with Gasteiger partial charge in [-0.05, 0) is 42.9 Å². The first-order valence-electron chi connectivity index (χ1n) is 11.8. The van der Waals surface area contributed by atoms with Gasteiger partial charge < -0.3 is 36.6 Å². The molecular formula is C24H34N4O8. The van der Waals surface area contributed by atoms with E-state index in [4.69, 9.17) is 10.8 Å². The first-order chi connectivity index (χ1) is 16.9. The summed E-state index contributed by atoms with van der Waals surface area (Å²) in [6, 6.07) is 1.83. The van der Waals surface area contributed by atoms with Crippen molar-refractivity contribution in [1.82, 2.24) is 15.5 Å². The zero-order chi connectivity index (χ0) is 27.0. The van der Waals surface area contributed by atoms with Crippen LogP contribution in [0.3, 0.4) is 0 Å². The molecule has 7 N–H and O–H groups in total. The van der Waals surface area contributed by atoms with Gasteiger partial charge in [0.2, 0.25) is 17.7 Å². The molecule has 36 heavy (non-hydrogen) atoms. The number of amides is 3. The monoisotopic (exact) mass is 506 g/mol. The van der Waals surface area contributed by atoms with E-state index in [2.05, 4.69) is 10.6 Å². The molecule has 1 aromatic carbocycles. The van der Waals surface area contributed by atoms with Crippen LogP contribution in [0.15, 0.2) is 24.3 Å². The lowest BCUT2D eigenvalue weighted by atomic mass is 10.0. The predicted octanol–water partition coefficient (Wildman–Crippen LogP) is -0.172. The summed E-state index contributed by atoms with van der Waals surface area (Å²) in [5.41, 5.74) is 6.61. The van der Waals surface area contributed by atoms with Crippen molar-refractivity contribution in [2.75, 3.05) is 6.54 Å². The van der Waals surface area contributed by atoms with Gasteiger partial charge in [0, 0.05) is 19.4 Å². The molecule has 1 heterocycles. The van der Waals surface area contributed by atoms with Crippen molar-refractivity contribution < 1.29 is 39.3 Å². The number of aliphatic carboxylic acids is 2. The van der Waals surface area contributed by atoms with Gasteiger partial charge >= 0.3 is 11.9 Å². The van der Waals surface area contributed by atoms with Gasteiger partial charge in [-0.15, -0.1) is 0 Å². The molecule has 4 unspecified atom stereocenters. The van der Waals surface area contributed by atoms with E-state index in [1.54, 1.807) is 26.0 Å². The number of carboxylic acids is 2. The quantitative estimate of drug-likeness (QED) is 0.223. The van der Waals surface area contributed by atoms with Crippen LogP contribution in [0.2, 0.25) is 0 Å². The Morgan fingerprint density at radius 1 is 1.06 bits per heavy atom. The van der Waals surface area contributed by atoms with Crippen LogP contribution in [-0.2, 0) is 30.4 Å². The summed E-state index contributed by atoms with van der Waals surface area (Å²) in [6.07, 6.45) is 0.109. The van der Waals surface area contributed by atoms with Crippen molar-refractivity contribution in [1.29, 1.82) is 0 Å². The number of likely N-dealkylation sites (tertiary alicyclic amines) is 1. The van der Waals surface area contributed by atoms with E-state index in [1.807, 2.05) is 0 Å². The predicted molar refractivity (Wildman–Crippen MR) is 128 cm³/mol. The maximum absolute atomic E-state index is 13.5. The third kappa shape index (κ3) is 7.94. The molecule has 12 nitrogen and oxygen atoms in total. The van der Waals surface area contributed by atoms with Gasteiger partial charge in [-0.3, -0.25) is 19.2 Å². The highest BCUT2D eigenvalue weighted by Crippen LogP contribution is 2.21. The zero-order valence-corrected chi connectivity index (χ0v) is 20.3. The summed E-state index contributed by atoms with van der Waals surface area (Å²) in [4.78, 5) is 62.7. The van der Waals surface area contributed by atoms with E-state index in [9.17, 15) is 34.2 Å². The summed E-state index contributed by atoms with van der Waals surface area (Å²) >= 11 is 0. The van der Waals surface area contributed by atoms with Gasteiger partial charge in [0.05, 0.1) is 6.04 Å². The van der Waals surface area contributed by atoms with E-state index >= 15 is 0 Å². The Labute approximate surface area is 208 Å². The van der Waals surface area contributed by atoms with Crippen LogP contribution in [0.1, 0.15) is 45.1 Å². The Morgan fingerprint density at radius 2 is 1.69 bits per heavy atom. The normalized spacial score (nSPS) is 17.8. The van der Waals surface area contributed by atoms with Gasteiger partial charge in [-0.2, -0.15) is 0 Å². The van der Waals surface area contributed by atoms with Gasteiger partial charge in [0.25, 0.3) is 0 Å².